The minimum atomic E-state index is -0.804. The van der Waals surface area contributed by atoms with Gasteiger partial charge in [-0.1, -0.05) is 37.1 Å². The summed E-state index contributed by atoms with van der Waals surface area (Å²) in [5, 5.41) is 16.2. The van der Waals surface area contributed by atoms with Crippen molar-refractivity contribution in [1.82, 2.24) is 30.9 Å². The number of amides is 5. The molecule has 0 radical (unpaired) electrons. The van der Waals surface area contributed by atoms with Gasteiger partial charge in [0.1, 0.15) is 23.1 Å². The third-order valence-electron chi connectivity index (χ3n) is 9.39. The van der Waals surface area contributed by atoms with E-state index in [0.29, 0.717) is 24.2 Å². The molecule has 1 unspecified atom stereocenters. The van der Waals surface area contributed by atoms with Crippen LogP contribution >= 0.6 is 0 Å². The van der Waals surface area contributed by atoms with Crippen molar-refractivity contribution >= 4 is 51.7 Å². The summed E-state index contributed by atoms with van der Waals surface area (Å²) in [6.07, 6.45) is 5.39. The molecule has 1 fully saturated rings. The van der Waals surface area contributed by atoms with E-state index >= 15 is 0 Å². The molecule has 13 nitrogen and oxygen atoms in total. The standard InChI is InChI=1S/C42H38N8O5/c1-3-25-19-30(39-36(20-25)48-38(52)18-24(2)46-39)29-11-6-8-26-21-35(45-23-31(26)29)27-13-14-32(44-22-27)40(53)43-17-5-4-9-28-10-7-12-33(47-28)41(54)49-34-15-16-37(51)50-42(34)55/h6-8,10-14,19-24,34,46H,3,5,15-18H2,1-2H3,(H,43,53)(H,48,52)(H,49,54)(H,50,51,55)/t24-,34?/m1/s1. The van der Waals surface area contributed by atoms with Gasteiger partial charge >= 0.3 is 0 Å². The molecule has 3 aromatic heterocycles. The highest BCUT2D eigenvalue weighted by molar-refractivity contribution is 6.06. The monoisotopic (exact) mass is 734 g/mol. The highest BCUT2D eigenvalue weighted by Gasteiger charge is 2.28. The van der Waals surface area contributed by atoms with Gasteiger partial charge < -0.3 is 21.3 Å². The number of hydrogen-bond donors (Lipinski definition) is 5. The van der Waals surface area contributed by atoms with Crippen molar-refractivity contribution in [3.05, 3.63) is 102 Å². The van der Waals surface area contributed by atoms with Gasteiger partial charge in [-0.25, -0.2) is 4.98 Å². The fourth-order valence-corrected chi connectivity index (χ4v) is 6.57. The molecular formula is C42H38N8O5. The average molecular weight is 735 g/mol. The summed E-state index contributed by atoms with van der Waals surface area (Å²) in [7, 11) is 0. The summed E-state index contributed by atoms with van der Waals surface area (Å²) in [4.78, 5) is 74.7. The van der Waals surface area contributed by atoms with Crippen LogP contribution in [0.15, 0.2) is 79.1 Å². The van der Waals surface area contributed by atoms with Gasteiger partial charge in [-0.05, 0) is 84.7 Å². The van der Waals surface area contributed by atoms with Crippen molar-refractivity contribution in [2.24, 2.45) is 0 Å². The summed E-state index contributed by atoms with van der Waals surface area (Å²) >= 11 is 0. The molecule has 0 spiro atoms. The number of fused-ring (bicyclic) bond motifs is 2. The number of aryl methyl sites for hydroxylation is 1. The normalized spacial score (nSPS) is 16.4. The van der Waals surface area contributed by atoms with E-state index in [9.17, 15) is 24.0 Å². The molecule has 5 amide bonds. The number of piperidine rings is 1. The van der Waals surface area contributed by atoms with E-state index in [4.69, 9.17) is 4.98 Å². The second kappa shape index (κ2) is 16.0. The number of aromatic nitrogens is 3. The van der Waals surface area contributed by atoms with Crippen LogP contribution in [0.1, 0.15) is 71.8 Å². The van der Waals surface area contributed by atoms with E-state index in [-0.39, 0.29) is 54.5 Å². The molecule has 2 aromatic carbocycles. The van der Waals surface area contributed by atoms with Gasteiger partial charge in [-0.2, -0.15) is 0 Å². The number of carbonyl (C=O) groups excluding carboxylic acids is 5. The van der Waals surface area contributed by atoms with E-state index in [0.717, 1.165) is 50.8 Å². The molecule has 7 rings (SSSR count). The van der Waals surface area contributed by atoms with Crippen LogP contribution in [0.3, 0.4) is 0 Å². The lowest BCUT2D eigenvalue weighted by atomic mass is 9.94. The van der Waals surface area contributed by atoms with Crippen LogP contribution in [-0.2, 0) is 20.8 Å². The molecule has 5 N–H and O–H groups in total. The lowest BCUT2D eigenvalue weighted by Crippen LogP contribution is -2.52. The molecular weight excluding hydrogens is 697 g/mol. The molecule has 13 heteroatoms. The van der Waals surface area contributed by atoms with Crippen molar-refractivity contribution in [2.75, 3.05) is 17.2 Å². The third-order valence-corrected chi connectivity index (χ3v) is 9.39. The largest absolute Gasteiger partial charge is 0.380 e. The number of benzene rings is 2. The van der Waals surface area contributed by atoms with Crippen molar-refractivity contribution in [3.8, 4) is 34.2 Å². The average Bonchev–Trinajstić information content (AvgIpc) is 3.34. The fraction of sp³-hybridized carbons (Fsp3) is 0.238. The summed E-state index contributed by atoms with van der Waals surface area (Å²) in [5.41, 5.74) is 6.99. The molecule has 1 saturated heterocycles. The molecule has 5 heterocycles. The Kier molecular flexibility index (Phi) is 10.6. The Balaban J connectivity index is 0.980. The number of nitrogens with zero attached hydrogens (tertiary/aromatic N) is 3. The second-order valence-corrected chi connectivity index (χ2v) is 13.4. The molecule has 0 saturated carbocycles. The van der Waals surface area contributed by atoms with Crippen molar-refractivity contribution < 1.29 is 24.0 Å². The van der Waals surface area contributed by atoms with Gasteiger partial charge in [0.25, 0.3) is 11.8 Å². The Labute approximate surface area is 317 Å². The number of imide groups is 1. The smallest absolute Gasteiger partial charge is 0.270 e. The zero-order valence-electron chi connectivity index (χ0n) is 30.3. The number of nitrogens with one attached hydrogen (secondary N) is 5. The van der Waals surface area contributed by atoms with E-state index in [1.165, 1.54) is 6.07 Å². The third kappa shape index (κ3) is 8.34. The van der Waals surface area contributed by atoms with E-state index in [2.05, 4.69) is 67.4 Å². The topological polar surface area (TPSA) is 184 Å². The quantitative estimate of drug-likeness (QED) is 0.0852. The molecule has 55 heavy (non-hydrogen) atoms. The Morgan fingerprint density at radius 2 is 1.75 bits per heavy atom. The van der Waals surface area contributed by atoms with Gasteiger partial charge in [0.2, 0.25) is 17.7 Å². The maximum Gasteiger partial charge on any atom is 0.270 e. The Hall–Kier alpha value is -6.94. The molecule has 0 aliphatic carbocycles. The van der Waals surface area contributed by atoms with E-state index in [1.807, 2.05) is 43.5 Å². The number of anilines is 2. The maximum atomic E-state index is 12.8. The SMILES string of the molecule is CCc1cc2c(c(-c3cccc4cc(-c5ccc(C(=O)NCCC#Cc6cccc(C(=O)NC7CCC(=O)NC7=O)n6)nc5)ncc34)c1)N[C@H](C)CC(=O)N2. The first-order valence-corrected chi connectivity index (χ1v) is 18.1. The summed E-state index contributed by atoms with van der Waals surface area (Å²) in [5.74, 6) is 4.03. The van der Waals surface area contributed by atoms with Crippen LogP contribution in [0.5, 0.6) is 0 Å². The van der Waals surface area contributed by atoms with Crippen LogP contribution in [0, 0.1) is 11.8 Å². The number of rotatable bonds is 8. The maximum absolute atomic E-state index is 12.8. The molecule has 2 aliphatic heterocycles. The van der Waals surface area contributed by atoms with Gasteiger partial charge in [0, 0.05) is 60.8 Å². The van der Waals surface area contributed by atoms with Crippen LogP contribution in [-0.4, -0.2) is 63.1 Å². The fourth-order valence-electron chi connectivity index (χ4n) is 6.57. The first-order chi connectivity index (χ1) is 26.6. The lowest BCUT2D eigenvalue weighted by Gasteiger charge is -2.21. The van der Waals surface area contributed by atoms with Gasteiger partial charge in [0.15, 0.2) is 0 Å². The zero-order chi connectivity index (χ0) is 38.5. The van der Waals surface area contributed by atoms with Gasteiger partial charge in [0.05, 0.1) is 17.1 Å². The van der Waals surface area contributed by atoms with Gasteiger partial charge in [-0.15, -0.1) is 0 Å². The number of pyridine rings is 3. The van der Waals surface area contributed by atoms with Crippen LogP contribution in [0.4, 0.5) is 11.4 Å². The molecule has 5 aromatic rings. The first kappa shape index (κ1) is 36.4. The minimum Gasteiger partial charge on any atom is -0.380 e. The van der Waals surface area contributed by atoms with E-state index in [1.54, 1.807) is 24.4 Å². The van der Waals surface area contributed by atoms with Crippen LogP contribution in [0.25, 0.3) is 33.2 Å². The highest BCUT2D eigenvalue weighted by Crippen LogP contribution is 2.41. The zero-order valence-corrected chi connectivity index (χ0v) is 30.3. The Bertz CT molecular complexity index is 2420. The minimum absolute atomic E-state index is 0.0126. The van der Waals surface area contributed by atoms with Crippen molar-refractivity contribution in [2.45, 2.75) is 58.0 Å². The second-order valence-electron chi connectivity index (χ2n) is 13.4. The summed E-state index contributed by atoms with van der Waals surface area (Å²) in [6.45, 7) is 4.37. The molecule has 2 atom stereocenters. The first-order valence-electron chi connectivity index (χ1n) is 18.1. The summed E-state index contributed by atoms with van der Waals surface area (Å²) in [6, 6.07) is 19.8. The molecule has 276 valence electrons. The molecule has 0 bridgehead atoms. The Morgan fingerprint density at radius 1 is 0.891 bits per heavy atom. The van der Waals surface area contributed by atoms with E-state index < -0.39 is 17.9 Å². The predicted octanol–water partition coefficient (Wildman–Crippen LogP) is 4.77. The molecule has 2 aliphatic rings. The summed E-state index contributed by atoms with van der Waals surface area (Å²) < 4.78 is 0. The van der Waals surface area contributed by atoms with Crippen molar-refractivity contribution in [3.63, 3.8) is 0 Å². The van der Waals surface area contributed by atoms with Crippen molar-refractivity contribution in [1.29, 1.82) is 0 Å². The Morgan fingerprint density at radius 3 is 2.55 bits per heavy atom. The van der Waals surface area contributed by atoms with Gasteiger partial charge in [-0.3, -0.25) is 39.3 Å². The highest BCUT2D eigenvalue weighted by atomic mass is 16.2. The van der Waals surface area contributed by atoms with Crippen LogP contribution in [0.2, 0.25) is 0 Å². The number of hydrogen-bond acceptors (Lipinski definition) is 9. The predicted molar refractivity (Wildman–Crippen MR) is 208 cm³/mol. The number of carbonyl (C=O) groups is 5. The lowest BCUT2D eigenvalue weighted by molar-refractivity contribution is -0.134. The van der Waals surface area contributed by atoms with Crippen LogP contribution < -0.4 is 26.6 Å².